The molecule has 0 fully saturated rings. The van der Waals surface area contributed by atoms with Crippen LogP contribution in [0.5, 0.6) is 0 Å². The summed E-state index contributed by atoms with van der Waals surface area (Å²) in [6, 6.07) is 1.73. The van der Waals surface area contributed by atoms with Crippen molar-refractivity contribution in [2.75, 3.05) is 5.75 Å². The largest absolute Gasteiger partial charge is 0.204 e. The van der Waals surface area contributed by atoms with Crippen molar-refractivity contribution in [1.29, 1.82) is 0 Å². The topological polar surface area (TPSA) is 0 Å². The lowest BCUT2D eigenvalue weighted by atomic mass is 10.2. The Hall–Kier alpha value is -1.08. The summed E-state index contributed by atoms with van der Waals surface area (Å²) >= 11 is 3.91. The molecule has 4 heteroatoms. The van der Waals surface area contributed by atoms with Gasteiger partial charge in [-0.15, -0.1) is 0 Å². The van der Waals surface area contributed by atoms with Crippen molar-refractivity contribution in [2.45, 2.75) is 6.42 Å². The number of rotatable bonds is 1. The van der Waals surface area contributed by atoms with E-state index in [0.717, 1.165) is 12.1 Å². The lowest BCUT2D eigenvalue weighted by Gasteiger charge is -1.95. The normalized spacial score (nSPS) is 9.43. The fourth-order valence-electron chi connectivity index (χ4n) is 0.848. The van der Waals surface area contributed by atoms with E-state index in [1.807, 2.05) is 0 Å². The van der Waals surface area contributed by atoms with Crippen molar-refractivity contribution >= 4 is 12.6 Å². The number of hydrogen-bond donors (Lipinski definition) is 1. The molecular weight excluding hydrogens is 209 g/mol. The first-order chi connectivity index (χ1) is 6.65. The van der Waals surface area contributed by atoms with Gasteiger partial charge in [0.15, 0.2) is 17.5 Å². The average molecular weight is 216 g/mol. The van der Waals surface area contributed by atoms with E-state index in [0.29, 0.717) is 12.2 Å². The summed E-state index contributed by atoms with van der Waals surface area (Å²) in [4.78, 5) is 0. The van der Waals surface area contributed by atoms with E-state index in [-0.39, 0.29) is 5.56 Å². The third kappa shape index (κ3) is 2.71. The van der Waals surface area contributed by atoms with Gasteiger partial charge in [-0.3, -0.25) is 0 Å². The first-order valence-electron chi connectivity index (χ1n) is 3.89. The Morgan fingerprint density at radius 3 is 2.21 bits per heavy atom. The van der Waals surface area contributed by atoms with Gasteiger partial charge >= 0.3 is 0 Å². The molecule has 0 radical (unpaired) electrons. The van der Waals surface area contributed by atoms with Crippen LogP contribution in [0.3, 0.4) is 0 Å². The zero-order valence-corrected chi connectivity index (χ0v) is 8.04. The highest BCUT2D eigenvalue weighted by molar-refractivity contribution is 7.80. The monoisotopic (exact) mass is 216 g/mol. The molecule has 0 unspecified atom stereocenters. The summed E-state index contributed by atoms with van der Waals surface area (Å²) < 4.78 is 37.8. The second kappa shape index (κ2) is 4.97. The summed E-state index contributed by atoms with van der Waals surface area (Å²) in [6.45, 7) is 0. The molecule has 0 saturated carbocycles. The van der Waals surface area contributed by atoms with Crippen LogP contribution in [0.2, 0.25) is 0 Å². The zero-order valence-electron chi connectivity index (χ0n) is 7.15. The molecule has 0 aromatic heterocycles. The Balaban J connectivity index is 2.97. The molecule has 0 bridgehead atoms. The van der Waals surface area contributed by atoms with Crippen molar-refractivity contribution in [2.24, 2.45) is 0 Å². The maximum atomic E-state index is 12.7. The van der Waals surface area contributed by atoms with Crippen LogP contribution in [0.25, 0.3) is 0 Å². The molecule has 0 nitrogen and oxygen atoms in total. The van der Waals surface area contributed by atoms with Gasteiger partial charge in [-0.05, 0) is 12.1 Å². The number of thiol groups is 1. The Morgan fingerprint density at radius 1 is 1.14 bits per heavy atom. The molecule has 0 amide bonds. The highest BCUT2D eigenvalue weighted by atomic mass is 32.1. The molecule has 0 spiro atoms. The smallest absolute Gasteiger partial charge is 0.194 e. The van der Waals surface area contributed by atoms with Gasteiger partial charge in [-0.1, -0.05) is 11.8 Å². The molecule has 0 aliphatic heterocycles. The molecule has 74 valence electrons. The minimum atomic E-state index is -1.47. The minimum Gasteiger partial charge on any atom is -0.204 e. The standard InChI is InChI=1S/C10H7F3S/c11-8-5-7(3-1-2-4-14)6-9(12)10(8)13/h5-6,14H,2,4H2. The van der Waals surface area contributed by atoms with Crippen molar-refractivity contribution in [3.63, 3.8) is 0 Å². The van der Waals surface area contributed by atoms with Gasteiger partial charge in [0.25, 0.3) is 0 Å². The van der Waals surface area contributed by atoms with E-state index < -0.39 is 17.5 Å². The molecule has 1 rings (SSSR count). The maximum absolute atomic E-state index is 12.7. The molecule has 0 aliphatic rings. The molecule has 1 aromatic carbocycles. The second-order valence-corrected chi connectivity index (χ2v) is 2.98. The quantitative estimate of drug-likeness (QED) is 0.416. The molecule has 1 aromatic rings. The van der Waals surface area contributed by atoms with E-state index in [1.54, 1.807) is 0 Å². The van der Waals surface area contributed by atoms with Gasteiger partial charge in [-0.25, -0.2) is 13.2 Å². The van der Waals surface area contributed by atoms with Crippen molar-refractivity contribution < 1.29 is 13.2 Å². The Bertz CT molecular complexity index is 367. The highest BCUT2D eigenvalue weighted by Crippen LogP contribution is 2.12. The van der Waals surface area contributed by atoms with Gasteiger partial charge in [0.2, 0.25) is 0 Å². The van der Waals surface area contributed by atoms with Crippen LogP contribution in [0.1, 0.15) is 12.0 Å². The average Bonchev–Trinajstić information content (AvgIpc) is 2.14. The SMILES string of the molecule is Fc1cc(C#CCCS)cc(F)c1F. The third-order valence-corrected chi connectivity index (χ3v) is 1.68. The number of benzene rings is 1. The second-order valence-electron chi connectivity index (χ2n) is 2.53. The molecule has 0 saturated heterocycles. The molecule has 0 heterocycles. The molecule has 0 atom stereocenters. The van der Waals surface area contributed by atoms with Gasteiger partial charge in [-0.2, -0.15) is 12.6 Å². The van der Waals surface area contributed by atoms with E-state index in [2.05, 4.69) is 24.5 Å². The molecule has 0 N–H and O–H groups in total. The van der Waals surface area contributed by atoms with Crippen LogP contribution in [-0.2, 0) is 0 Å². The number of hydrogen-bond acceptors (Lipinski definition) is 1. The number of halogens is 3. The van der Waals surface area contributed by atoms with Crippen molar-refractivity contribution in [3.05, 3.63) is 35.1 Å². The fourth-order valence-corrected chi connectivity index (χ4v) is 0.960. The molecule has 14 heavy (non-hydrogen) atoms. The lowest BCUT2D eigenvalue weighted by Crippen LogP contribution is -1.91. The van der Waals surface area contributed by atoms with Crippen LogP contribution in [-0.4, -0.2) is 5.75 Å². The summed E-state index contributed by atoms with van der Waals surface area (Å²) in [7, 11) is 0. The van der Waals surface area contributed by atoms with Gasteiger partial charge < -0.3 is 0 Å². The summed E-state index contributed by atoms with van der Waals surface area (Å²) in [6.07, 6.45) is 0.518. The Morgan fingerprint density at radius 2 is 1.71 bits per heavy atom. The van der Waals surface area contributed by atoms with Gasteiger partial charge in [0.05, 0.1) is 0 Å². The highest BCUT2D eigenvalue weighted by Gasteiger charge is 2.08. The Kier molecular flexibility index (Phi) is 3.90. The predicted molar refractivity (Wildman–Crippen MR) is 51.7 cm³/mol. The fraction of sp³-hybridized carbons (Fsp3) is 0.200. The van der Waals surface area contributed by atoms with Crippen LogP contribution in [0.4, 0.5) is 13.2 Å². The van der Waals surface area contributed by atoms with Crippen LogP contribution >= 0.6 is 12.6 Å². The van der Waals surface area contributed by atoms with E-state index in [9.17, 15) is 13.2 Å². The van der Waals surface area contributed by atoms with Crippen LogP contribution in [0.15, 0.2) is 12.1 Å². The van der Waals surface area contributed by atoms with E-state index >= 15 is 0 Å². The molecule has 0 aliphatic carbocycles. The van der Waals surface area contributed by atoms with E-state index in [4.69, 9.17) is 0 Å². The summed E-state index contributed by atoms with van der Waals surface area (Å²) in [5.74, 6) is 1.81. The summed E-state index contributed by atoms with van der Waals surface area (Å²) in [5.41, 5.74) is 0.128. The van der Waals surface area contributed by atoms with Crippen molar-refractivity contribution in [3.8, 4) is 11.8 Å². The lowest BCUT2D eigenvalue weighted by molar-refractivity contribution is 0.446. The van der Waals surface area contributed by atoms with Gasteiger partial charge in [0.1, 0.15) is 0 Å². The van der Waals surface area contributed by atoms with E-state index in [1.165, 1.54) is 0 Å². The first-order valence-corrected chi connectivity index (χ1v) is 4.52. The molecular formula is C10H7F3S. The zero-order chi connectivity index (χ0) is 10.6. The van der Waals surface area contributed by atoms with Crippen molar-refractivity contribution in [1.82, 2.24) is 0 Å². The summed E-state index contributed by atoms with van der Waals surface area (Å²) in [5, 5.41) is 0. The first kappa shape index (κ1) is 11.0. The van der Waals surface area contributed by atoms with Gasteiger partial charge in [0, 0.05) is 17.7 Å². The predicted octanol–water partition coefficient (Wildman–Crippen LogP) is 2.78. The third-order valence-electron chi connectivity index (χ3n) is 1.45. The Labute approximate surface area is 85.5 Å². The minimum absolute atomic E-state index is 0.128. The van der Waals surface area contributed by atoms with Crippen LogP contribution < -0.4 is 0 Å². The maximum Gasteiger partial charge on any atom is 0.194 e. The van der Waals surface area contributed by atoms with Crippen LogP contribution in [0, 0.1) is 29.3 Å².